The molecule has 0 saturated heterocycles. The summed E-state index contributed by atoms with van der Waals surface area (Å²) < 4.78 is 7.23. The van der Waals surface area contributed by atoms with E-state index in [-0.39, 0.29) is 0 Å². The molecule has 7 heteroatoms. The van der Waals surface area contributed by atoms with Gasteiger partial charge in [-0.15, -0.1) is 0 Å². The second-order valence-corrected chi connectivity index (χ2v) is 7.62. The topological polar surface area (TPSA) is 78.1 Å². The number of aromatic nitrogens is 3. The van der Waals surface area contributed by atoms with Gasteiger partial charge in [-0.3, -0.25) is 5.10 Å². The molecule has 2 aromatic heterocycles. The van der Waals surface area contributed by atoms with E-state index < -0.39 is 0 Å². The van der Waals surface area contributed by atoms with Crippen LogP contribution in [-0.2, 0) is 0 Å². The molecule has 32 heavy (non-hydrogen) atoms. The Bertz CT molecular complexity index is 1450. The quantitative estimate of drug-likeness (QED) is 0.338. The van der Waals surface area contributed by atoms with Crippen molar-refractivity contribution in [2.75, 3.05) is 12.4 Å². The molecule has 2 heterocycles. The van der Waals surface area contributed by atoms with E-state index in [1.165, 1.54) is 0 Å². The minimum atomic E-state index is 0.457. The van der Waals surface area contributed by atoms with Gasteiger partial charge in [0.1, 0.15) is 23.1 Å². The van der Waals surface area contributed by atoms with Crippen LogP contribution in [0.25, 0.3) is 28.0 Å². The highest BCUT2D eigenvalue weighted by molar-refractivity contribution is 6.31. The van der Waals surface area contributed by atoms with Crippen molar-refractivity contribution in [1.29, 1.82) is 5.26 Å². The average Bonchev–Trinajstić information content (AvgIpc) is 3.40. The van der Waals surface area contributed by atoms with Gasteiger partial charge in [-0.05, 0) is 29.3 Å². The van der Waals surface area contributed by atoms with Crippen LogP contribution >= 0.6 is 11.6 Å². The first-order chi connectivity index (χ1) is 15.7. The van der Waals surface area contributed by atoms with Gasteiger partial charge < -0.3 is 10.1 Å². The van der Waals surface area contributed by atoms with Crippen LogP contribution in [0, 0.1) is 11.3 Å². The second-order valence-electron chi connectivity index (χ2n) is 7.18. The highest BCUT2D eigenvalue weighted by Gasteiger charge is 2.19. The average molecular weight is 440 g/mol. The summed E-state index contributed by atoms with van der Waals surface area (Å²) in [6.07, 6.45) is 1.63. The molecule has 0 atom stereocenters. The van der Waals surface area contributed by atoms with Crippen molar-refractivity contribution in [3.05, 3.63) is 89.6 Å². The van der Waals surface area contributed by atoms with Crippen LogP contribution in [0.1, 0.15) is 5.56 Å². The van der Waals surface area contributed by atoms with Crippen LogP contribution in [0.15, 0.2) is 79.0 Å². The van der Waals surface area contributed by atoms with Gasteiger partial charge in [0.05, 0.1) is 12.8 Å². The molecule has 0 amide bonds. The summed E-state index contributed by atoms with van der Waals surface area (Å²) in [5, 5.41) is 16.6. The molecular formula is C25H18ClN5O. The van der Waals surface area contributed by atoms with Crippen LogP contribution in [0.4, 0.5) is 11.5 Å². The van der Waals surface area contributed by atoms with E-state index in [0.29, 0.717) is 39.2 Å². The number of imidazole rings is 1. The maximum absolute atomic E-state index is 9.48. The Morgan fingerprint density at radius 1 is 1.00 bits per heavy atom. The molecule has 0 unspecified atom stereocenters. The number of nitriles is 1. The van der Waals surface area contributed by atoms with E-state index >= 15 is 0 Å². The first-order valence-electron chi connectivity index (χ1n) is 9.94. The van der Waals surface area contributed by atoms with Gasteiger partial charge in [0.2, 0.25) is 0 Å². The first-order valence-corrected chi connectivity index (χ1v) is 10.3. The monoisotopic (exact) mass is 439 g/mol. The lowest BCUT2D eigenvalue weighted by atomic mass is 10.0. The first kappa shape index (κ1) is 19.7. The predicted molar refractivity (Wildman–Crippen MR) is 126 cm³/mol. The van der Waals surface area contributed by atoms with Crippen molar-refractivity contribution >= 4 is 28.8 Å². The summed E-state index contributed by atoms with van der Waals surface area (Å²) in [5.41, 5.74) is 5.56. The van der Waals surface area contributed by atoms with E-state index in [2.05, 4.69) is 40.8 Å². The van der Waals surface area contributed by atoms with Gasteiger partial charge in [0.15, 0.2) is 11.5 Å². The summed E-state index contributed by atoms with van der Waals surface area (Å²) in [6, 6.07) is 25.9. The zero-order chi connectivity index (χ0) is 22.1. The Labute approximate surface area is 189 Å². The minimum absolute atomic E-state index is 0.457. The van der Waals surface area contributed by atoms with Crippen molar-refractivity contribution in [2.24, 2.45) is 0 Å². The Morgan fingerprint density at radius 2 is 1.72 bits per heavy atom. The van der Waals surface area contributed by atoms with Gasteiger partial charge in [-0.2, -0.15) is 5.26 Å². The molecule has 0 fully saturated rings. The molecule has 2 N–H and O–H groups in total. The van der Waals surface area contributed by atoms with Gasteiger partial charge in [-0.1, -0.05) is 66.2 Å². The number of nitrogens with zero attached hydrogens (tertiary/aromatic N) is 3. The van der Waals surface area contributed by atoms with Crippen LogP contribution in [-0.4, -0.2) is 21.7 Å². The van der Waals surface area contributed by atoms with E-state index in [1.54, 1.807) is 36.0 Å². The fraction of sp³-hybridized carbons (Fsp3) is 0.0400. The van der Waals surface area contributed by atoms with Crippen LogP contribution in [0.3, 0.4) is 0 Å². The summed E-state index contributed by atoms with van der Waals surface area (Å²) in [4.78, 5) is 4.76. The van der Waals surface area contributed by atoms with Gasteiger partial charge in [-0.25, -0.2) is 9.50 Å². The maximum Gasteiger partial charge on any atom is 0.173 e. The van der Waals surface area contributed by atoms with Crippen LogP contribution < -0.4 is 10.1 Å². The van der Waals surface area contributed by atoms with Crippen molar-refractivity contribution in [2.45, 2.75) is 0 Å². The summed E-state index contributed by atoms with van der Waals surface area (Å²) in [7, 11) is 1.60. The Morgan fingerprint density at radius 3 is 2.44 bits per heavy atom. The van der Waals surface area contributed by atoms with Crippen LogP contribution in [0.2, 0.25) is 5.02 Å². The number of halogens is 1. The largest absolute Gasteiger partial charge is 0.495 e. The molecule has 0 aliphatic carbocycles. The molecular weight excluding hydrogens is 422 g/mol. The third-order valence-corrected chi connectivity index (χ3v) is 5.49. The van der Waals surface area contributed by atoms with Crippen LogP contribution in [0.5, 0.6) is 5.75 Å². The zero-order valence-electron chi connectivity index (χ0n) is 17.1. The summed E-state index contributed by atoms with van der Waals surface area (Å²) in [6.45, 7) is 0. The third-order valence-electron chi connectivity index (χ3n) is 5.26. The number of rotatable bonds is 5. The number of fused-ring (bicyclic) bond motifs is 1. The highest BCUT2D eigenvalue weighted by atomic mass is 35.5. The molecule has 0 aliphatic heterocycles. The lowest BCUT2D eigenvalue weighted by molar-refractivity contribution is 0.417. The van der Waals surface area contributed by atoms with Crippen molar-refractivity contribution in [1.82, 2.24) is 14.6 Å². The second kappa shape index (κ2) is 8.14. The number of hydrogen-bond donors (Lipinski definition) is 2. The van der Waals surface area contributed by atoms with Crippen molar-refractivity contribution in [3.63, 3.8) is 0 Å². The molecule has 3 aromatic carbocycles. The van der Waals surface area contributed by atoms with Crippen molar-refractivity contribution in [3.8, 4) is 34.2 Å². The summed E-state index contributed by atoms with van der Waals surface area (Å²) in [5.74, 6) is 1.32. The lowest BCUT2D eigenvalue weighted by Gasteiger charge is -2.12. The lowest BCUT2D eigenvalue weighted by Crippen LogP contribution is -2.00. The normalized spacial score (nSPS) is 10.8. The Hall–Kier alpha value is -4.21. The number of benzene rings is 3. The molecule has 0 radical (unpaired) electrons. The van der Waals surface area contributed by atoms with Gasteiger partial charge in [0.25, 0.3) is 0 Å². The predicted octanol–water partition coefficient (Wildman–Crippen LogP) is 6.27. The molecule has 0 spiro atoms. The highest BCUT2D eigenvalue weighted by Crippen LogP contribution is 2.36. The molecule has 5 rings (SSSR count). The Balaban J connectivity index is 1.63. The molecule has 0 aliphatic rings. The minimum Gasteiger partial charge on any atom is -0.495 e. The molecule has 0 bridgehead atoms. The smallest absolute Gasteiger partial charge is 0.173 e. The third kappa shape index (κ3) is 3.45. The van der Waals surface area contributed by atoms with Gasteiger partial charge >= 0.3 is 0 Å². The number of anilines is 2. The number of nitrogens with one attached hydrogen (secondary N) is 2. The van der Waals surface area contributed by atoms with Gasteiger partial charge in [0, 0.05) is 16.8 Å². The number of hydrogen-bond acceptors (Lipinski definition) is 4. The van der Waals surface area contributed by atoms with E-state index in [1.807, 2.05) is 30.3 Å². The number of H-pyrrole nitrogens is 1. The number of aromatic amines is 1. The zero-order valence-corrected chi connectivity index (χ0v) is 17.9. The summed E-state index contributed by atoms with van der Waals surface area (Å²) >= 11 is 6.22. The fourth-order valence-electron chi connectivity index (χ4n) is 3.68. The Kier molecular flexibility index (Phi) is 5.02. The van der Waals surface area contributed by atoms with E-state index in [9.17, 15) is 5.26 Å². The van der Waals surface area contributed by atoms with Crippen molar-refractivity contribution < 1.29 is 4.74 Å². The fourth-order valence-corrected chi connectivity index (χ4v) is 3.85. The molecule has 6 nitrogen and oxygen atoms in total. The molecule has 0 saturated carbocycles. The van der Waals surface area contributed by atoms with E-state index in [4.69, 9.17) is 21.3 Å². The number of ether oxygens (including phenoxy) is 1. The molecule has 5 aromatic rings. The SMILES string of the molecule is COc1ccc(Cl)cc1Nc1c(-c2ccc(-c3ccccc3)cc2)nc2c(C#N)c[nH]n12. The molecule has 156 valence electrons. The maximum atomic E-state index is 9.48. The number of methoxy groups -OCH3 is 1. The van der Waals surface area contributed by atoms with E-state index in [0.717, 1.165) is 16.7 Å². The standard InChI is InChI=1S/C25H18ClN5O/c1-32-22-12-11-20(26)13-21(22)29-25-23(30-24-19(14-27)15-28-31(24)25)18-9-7-17(8-10-18)16-5-3-2-4-6-16/h2-13,15,28-29H,1H3.